The fraction of sp³-hybridized carbons (Fsp3) is 0.458. The topological polar surface area (TPSA) is 80.7 Å². The number of fused-ring (bicyclic) bond motifs is 1. The van der Waals surface area contributed by atoms with E-state index in [1.807, 2.05) is 26.0 Å². The number of ether oxygens (including phenoxy) is 1. The summed E-state index contributed by atoms with van der Waals surface area (Å²) in [4.78, 5) is 35.8. The zero-order valence-electron chi connectivity index (χ0n) is 17.6. The average molecular weight is 398 g/mol. The highest BCUT2D eigenvalue weighted by molar-refractivity contribution is 6.05. The van der Waals surface area contributed by atoms with Gasteiger partial charge in [0.05, 0.1) is 0 Å². The second-order valence-corrected chi connectivity index (χ2v) is 8.24. The van der Waals surface area contributed by atoms with Gasteiger partial charge in [0, 0.05) is 23.0 Å². The smallest absolute Gasteiger partial charge is 0.331 e. The molecular weight excluding hydrogens is 368 g/mol. The van der Waals surface area contributed by atoms with E-state index >= 15 is 0 Å². The molecule has 0 aromatic heterocycles. The van der Waals surface area contributed by atoms with Crippen LogP contribution in [0, 0.1) is 17.3 Å². The van der Waals surface area contributed by atoms with Gasteiger partial charge in [-0.3, -0.25) is 9.59 Å². The number of allylic oxidation sites excluding steroid dienone is 5. The Kier molecular flexibility index (Phi) is 6.96. The number of carbonyl (C=O) groups excluding carboxylic acids is 3. The lowest BCUT2D eigenvalue weighted by Crippen LogP contribution is -2.53. The van der Waals surface area contributed by atoms with Gasteiger partial charge in [-0.05, 0) is 30.1 Å². The van der Waals surface area contributed by atoms with Gasteiger partial charge in [-0.25, -0.2) is 4.79 Å². The Hall–Kier alpha value is -2.53. The molecule has 0 heterocycles. The van der Waals surface area contributed by atoms with Gasteiger partial charge in [0.25, 0.3) is 0 Å². The molecule has 1 N–H and O–H groups in total. The van der Waals surface area contributed by atoms with Crippen molar-refractivity contribution in [2.45, 2.75) is 52.2 Å². The molecule has 0 aromatic rings. The molecule has 5 atom stereocenters. The molecule has 0 bridgehead atoms. The number of aldehydes is 1. The van der Waals surface area contributed by atoms with Gasteiger partial charge in [-0.15, -0.1) is 0 Å². The molecule has 0 amide bonds. The van der Waals surface area contributed by atoms with Crippen molar-refractivity contribution in [2.75, 3.05) is 0 Å². The summed E-state index contributed by atoms with van der Waals surface area (Å²) in [5.74, 6) is -0.789. The lowest BCUT2D eigenvalue weighted by Gasteiger charge is -2.48. The summed E-state index contributed by atoms with van der Waals surface area (Å²) in [6.45, 7) is 11.5. The van der Waals surface area contributed by atoms with Gasteiger partial charge >= 0.3 is 5.97 Å². The van der Waals surface area contributed by atoms with Crippen LogP contribution in [-0.4, -0.2) is 34.9 Å². The van der Waals surface area contributed by atoms with E-state index in [9.17, 15) is 19.5 Å². The number of hydrogen-bond donors (Lipinski definition) is 1. The zero-order valence-corrected chi connectivity index (χ0v) is 17.6. The second kappa shape index (κ2) is 8.87. The number of ketones is 1. The van der Waals surface area contributed by atoms with Crippen molar-refractivity contribution in [3.05, 3.63) is 60.3 Å². The van der Waals surface area contributed by atoms with Crippen molar-refractivity contribution in [1.82, 2.24) is 0 Å². The molecule has 0 saturated carbocycles. The fourth-order valence-electron chi connectivity index (χ4n) is 3.74. The molecule has 0 aromatic carbocycles. The molecule has 5 nitrogen and oxygen atoms in total. The highest BCUT2D eigenvalue weighted by Gasteiger charge is 2.53. The monoisotopic (exact) mass is 398 g/mol. The van der Waals surface area contributed by atoms with Crippen LogP contribution in [-0.2, 0) is 19.1 Å². The summed E-state index contributed by atoms with van der Waals surface area (Å²) >= 11 is 0. The molecule has 29 heavy (non-hydrogen) atoms. The highest BCUT2D eigenvalue weighted by Crippen LogP contribution is 2.51. The maximum Gasteiger partial charge on any atom is 0.331 e. The van der Waals surface area contributed by atoms with Gasteiger partial charge in [-0.1, -0.05) is 65.0 Å². The van der Waals surface area contributed by atoms with Crippen molar-refractivity contribution >= 4 is 18.0 Å². The summed E-state index contributed by atoms with van der Waals surface area (Å²) < 4.78 is 5.60. The first kappa shape index (κ1) is 22.8. The predicted octanol–water partition coefficient (Wildman–Crippen LogP) is 3.65. The number of hydrogen-bond acceptors (Lipinski definition) is 5. The van der Waals surface area contributed by atoms with Gasteiger partial charge in [0.1, 0.15) is 12.4 Å². The van der Waals surface area contributed by atoms with Crippen LogP contribution in [0.3, 0.4) is 0 Å². The quantitative estimate of drug-likeness (QED) is 0.306. The minimum atomic E-state index is -1.94. The largest absolute Gasteiger partial charge is 0.455 e. The molecule has 0 spiro atoms. The summed E-state index contributed by atoms with van der Waals surface area (Å²) in [5, 5.41) is 10.8. The van der Waals surface area contributed by atoms with Crippen molar-refractivity contribution in [3.63, 3.8) is 0 Å². The van der Waals surface area contributed by atoms with Gasteiger partial charge in [0.2, 0.25) is 0 Å². The van der Waals surface area contributed by atoms with E-state index in [0.717, 1.165) is 12.0 Å². The van der Waals surface area contributed by atoms with Crippen LogP contribution in [0.15, 0.2) is 60.3 Å². The lowest BCUT2D eigenvalue weighted by atomic mass is 9.57. The van der Waals surface area contributed by atoms with E-state index in [0.29, 0.717) is 12.2 Å². The zero-order chi connectivity index (χ0) is 21.8. The van der Waals surface area contributed by atoms with E-state index in [-0.39, 0.29) is 17.9 Å². The van der Waals surface area contributed by atoms with Crippen LogP contribution in [0.1, 0.15) is 40.5 Å². The maximum atomic E-state index is 12.4. The number of esters is 1. The lowest BCUT2D eigenvalue weighted by molar-refractivity contribution is -0.147. The van der Waals surface area contributed by atoms with Gasteiger partial charge in [-0.2, -0.15) is 0 Å². The first-order valence-electron chi connectivity index (χ1n) is 9.95. The van der Waals surface area contributed by atoms with E-state index in [1.54, 1.807) is 18.2 Å². The van der Waals surface area contributed by atoms with Gasteiger partial charge in [0.15, 0.2) is 11.4 Å². The van der Waals surface area contributed by atoms with Crippen molar-refractivity contribution in [1.29, 1.82) is 0 Å². The molecule has 2 aliphatic rings. The molecule has 2 aliphatic carbocycles. The Morgan fingerprint density at radius 2 is 2.14 bits per heavy atom. The number of carbonyl (C=O) groups is 3. The van der Waals surface area contributed by atoms with Crippen molar-refractivity contribution in [2.24, 2.45) is 17.3 Å². The standard InChI is InChI=1S/C24H30O5/c1-6-16(2)9-7-8-10-22(27)29-20-12-11-19-13-21(26)24(28,17(3)14-25)15-23(19,5)18(20)4/h7-14,16,18,20,28H,3,6,15H2,1-2,4-5H3. The highest BCUT2D eigenvalue weighted by atomic mass is 16.5. The minimum absolute atomic E-state index is 0.00921. The van der Waals surface area contributed by atoms with E-state index < -0.39 is 28.9 Å². The third-order valence-corrected chi connectivity index (χ3v) is 6.29. The Morgan fingerprint density at radius 1 is 1.45 bits per heavy atom. The molecule has 0 fully saturated rings. The van der Waals surface area contributed by atoms with Crippen LogP contribution in [0.4, 0.5) is 0 Å². The Bertz CT molecular complexity index is 815. The number of aliphatic hydroxyl groups is 1. The second-order valence-electron chi connectivity index (χ2n) is 8.24. The van der Waals surface area contributed by atoms with E-state index in [1.165, 1.54) is 12.2 Å². The summed E-state index contributed by atoms with van der Waals surface area (Å²) in [6, 6.07) is 0. The molecular formula is C24H30O5. The first-order valence-corrected chi connectivity index (χ1v) is 9.95. The average Bonchev–Trinajstić information content (AvgIpc) is 2.69. The Balaban J connectivity index is 2.18. The third-order valence-electron chi connectivity index (χ3n) is 6.29. The van der Waals surface area contributed by atoms with E-state index in [2.05, 4.69) is 20.4 Å². The molecule has 0 radical (unpaired) electrons. The Labute approximate surface area is 172 Å². The third kappa shape index (κ3) is 4.56. The normalized spacial score (nSPS) is 32.7. The summed E-state index contributed by atoms with van der Waals surface area (Å²) in [7, 11) is 0. The van der Waals surface area contributed by atoms with Crippen molar-refractivity contribution in [3.8, 4) is 0 Å². The molecule has 156 valence electrons. The fourth-order valence-corrected chi connectivity index (χ4v) is 3.74. The molecule has 5 heteroatoms. The van der Waals surface area contributed by atoms with Crippen molar-refractivity contribution < 1.29 is 24.2 Å². The minimum Gasteiger partial charge on any atom is -0.455 e. The van der Waals surface area contributed by atoms with Crippen LogP contribution in [0.2, 0.25) is 0 Å². The van der Waals surface area contributed by atoms with Crippen LogP contribution in [0.5, 0.6) is 0 Å². The predicted molar refractivity (Wildman–Crippen MR) is 112 cm³/mol. The van der Waals surface area contributed by atoms with E-state index in [4.69, 9.17) is 4.74 Å². The Morgan fingerprint density at radius 3 is 2.76 bits per heavy atom. The molecule has 5 unspecified atom stereocenters. The number of rotatable bonds is 7. The molecule has 0 aliphatic heterocycles. The van der Waals surface area contributed by atoms with Crippen LogP contribution < -0.4 is 0 Å². The van der Waals surface area contributed by atoms with Crippen LogP contribution >= 0.6 is 0 Å². The summed E-state index contributed by atoms with van der Waals surface area (Å²) in [6.07, 6.45) is 12.7. The van der Waals surface area contributed by atoms with Crippen LogP contribution in [0.25, 0.3) is 0 Å². The maximum absolute atomic E-state index is 12.4. The molecule has 2 rings (SSSR count). The first-order chi connectivity index (χ1) is 13.6. The SMILES string of the molecule is C=C(C=O)C1(O)CC2(C)C(=CC1=O)C=CC(OC(=O)C=CC=CC(C)CC)C2C. The van der Waals surface area contributed by atoms with Gasteiger partial charge < -0.3 is 9.84 Å². The summed E-state index contributed by atoms with van der Waals surface area (Å²) in [5.41, 5.74) is -2.01. The molecule has 0 saturated heterocycles.